The van der Waals surface area contributed by atoms with Crippen LogP contribution in [0.25, 0.3) is 0 Å². The molecule has 2 aliphatic rings. The predicted molar refractivity (Wildman–Crippen MR) is 82.6 cm³/mol. The van der Waals surface area contributed by atoms with Crippen molar-refractivity contribution in [3.05, 3.63) is 22.4 Å². The first-order valence-corrected chi connectivity index (χ1v) is 8.53. The van der Waals surface area contributed by atoms with E-state index in [4.69, 9.17) is 0 Å². The van der Waals surface area contributed by atoms with Gasteiger partial charge in [-0.05, 0) is 23.7 Å². The van der Waals surface area contributed by atoms with Gasteiger partial charge in [-0.1, -0.05) is 0 Å². The van der Waals surface area contributed by atoms with E-state index in [1.54, 1.807) is 0 Å². The van der Waals surface area contributed by atoms with Gasteiger partial charge in [0, 0.05) is 12.3 Å². The summed E-state index contributed by atoms with van der Waals surface area (Å²) in [6.45, 7) is 0.564. The fraction of sp³-hybridized carbons (Fsp3) is 0.615. The van der Waals surface area contributed by atoms with E-state index in [9.17, 15) is 19.7 Å². The third kappa shape index (κ3) is 3.81. The molecule has 3 rings (SSSR count). The highest BCUT2D eigenvalue weighted by Crippen LogP contribution is 2.28. The maximum Gasteiger partial charge on any atom is 0.389 e. The van der Waals surface area contributed by atoms with Gasteiger partial charge in [0.05, 0.1) is 23.2 Å². The summed E-state index contributed by atoms with van der Waals surface area (Å²) < 4.78 is 1.22. The first kappa shape index (κ1) is 15.8. The van der Waals surface area contributed by atoms with E-state index >= 15 is 0 Å². The molecule has 1 aromatic rings. The van der Waals surface area contributed by atoms with Crippen LogP contribution in [0.1, 0.15) is 12.8 Å². The number of rotatable bonds is 6. The molecular weight excluding hydrogens is 322 g/mol. The SMILES string of the molecule is O=C(NCC1CC1)[C@@H]1CSCN1C(=O)Cn1ccc([N+](=O)[O-])n1. The molecule has 0 spiro atoms. The number of carbonyl (C=O) groups is 2. The minimum Gasteiger partial charge on any atom is -0.358 e. The third-order valence-corrected chi connectivity index (χ3v) is 4.89. The van der Waals surface area contributed by atoms with Crippen LogP contribution in [0.3, 0.4) is 0 Å². The van der Waals surface area contributed by atoms with Gasteiger partial charge in [0.2, 0.25) is 11.8 Å². The molecule has 124 valence electrons. The Balaban J connectivity index is 1.58. The summed E-state index contributed by atoms with van der Waals surface area (Å²) >= 11 is 1.52. The maximum atomic E-state index is 12.4. The lowest BCUT2D eigenvalue weighted by atomic mass is 10.2. The van der Waals surface area contributed by atoms with Crippen LogP contribution in [0.5, 0.6) is 0 Å². The Morgan fingerprint density at radius 3 is 2.91 bits per heavy atom. The van der Waals surface area contributed by atoms with E-state index in [0.717, 1.165) is 12.8 Å². The zero-order valence-corrected chi connectivity index (χ0v) is 13.2. The van der Waals surface area contributed by atoms with Gasteiger partial charge >= 0.3 is 5.82 Å². The zero-order chi connectivity index (χ0) is 16.4. The Morgan fingerprint density at radius 1 is 1.48 bits per heavy atom. The molecule has 0 aromatic carbocycles. The summed E-state index contributed by atoms with van der Waals surface area (Å²) in [5.74, 6) is 0.918. The number of nitro groups is 1. The lowest BCUT2D eigenvalue weighted by molar-refractivity contribution is -0.389. The number of thioether (sulfide) groups is 1. The quantitative estimate of drug-likeness (QED) is 0.586. The molecule has 1 saturated carbocycles. The van der Waals surface area contributed by atoms with Crippen molar-refractivity contribution in [3.63, 3.8) is 0 Å². The second-order valence-corrected chi connectivity index (χ2v) is 6.70. The van der Waals surface area contributed by atoms with E-state index in [0.29, 0.717) is 24.1 Å². The van der Waals surface area contributed by atoms with Gasteiger partial charge in [-0.15, -0.1) is 11.8 Å². The van der Waals surface area contributed by atoms with Gasteiger partial charge in [-0.2, -0.15) is 4.68 Å². The summed E-state index contributed by atoms with van der Waals surface area (Å²) in [5, 5.41) is 17.2. The summed E-state index contributed by atoms with van der Waals surface area (Å²) in [6, 6.07) is 0.767. The van der Waals surface area contributed by atoms with Crippen molar-refractivity contribution in [1.82, 2.24) is 20.0 Å². The molecule has 23 heavy (non-hydrogen) atoms. The molecule has 1 saturated heterocycles. The number of nitrogens with zero attached hydrogens (tertiary/aromatic N) is 4. The van der Waals surface area contributed by atoms with Crippen molar-refractivity contribution in [2.75, 3.05) is 18.2 Å². The van der Waals surface area contributed by atoms with Crippen LogP contribution >= 0.6 is 11.8 Å². The second-order valence-electron chi connectivity index (χ2n) is 5.70. The largest absolute Gasteiger partial charge is 0.389 e. The van der Waals surface area contributed by atoms with Gasteiger partial charge in [-0.3, -0.25) is 9.59 Å². The van der Waals surface area contributed by atoms with Gasteiger partial charge in [-0.25, -0.2) is 0 Å². The average molecular weight is 339 g/mol. The monoisotopic (exact) mass is 339 g/mol. The molecule has 2 heterocycles. The molecule has 1 aromatic heterocycles. The van der Waals surface area contributed by atoms with Crippen molar-refractivity contribution in [2.24, 2.45) is 5.92 Å². The highest BCUT2D eigenvalue weighted by molar-refractivity contribution is 7.99. The zero-order valence-electron chi connectivity index (χ0n) is 12.4. The lowest BCUT2D eigenvalue weighted by Crippen LogP contribution is -2.48. The topological polar surface area (TPSA) is 110 Å². The fourth-order valence-electron chi connectivity index (χ4n) is 2.36. The smallest absolute Gasteiger partial charge is 0.358 e. The second kappa shape index (κ2) is 6.57. The van der Waals surface area contributed by atoms with Crippen LogP contribution in [0.2, 0.25) is 0 Å². The number of amides is 2. The van der Waals surface area contributed by atoms with Crippen LogP contribution < -0.4 is 5.32 Å². The van der Waals surface area contributed by atoms with Crippen molar-refractivity contribution in [3.8, 4) is 0 Å². The van der Waals surface area contributed by atoms with E-state index < -0.39 is 11.0 Å². The molecule has 0 radical (unpaired) electrons. The number of hydrogen-bond donors (Lipinski definition) is 1. The molecule has 2 amide bonds. The summed E-state index contributed by atoms with van der Waals surface area (Å²) in [6.07, 6.45) is 3.70. The molecule has 0 unspecified atom stereocenters. The van der Waals surface area contributed by atoms with E-state index in [-0.39, 0.29) is 24.2 Å². The van der Waals surface area contributed by atoms with Crippen LogP contribution in [-0.2, 0) is 16.1 Å². The Morgan fingerprint density at radius 2 is 2.26 bits per heavy atom. The predicted octanol–water partition coefficient (Wildman–Crippen LogP) is 0.219. The molecule has 1 atom stereocenters. The van der Waals surface area contributed by atoms with Gasteiger partial charge in [0.15, 0.2) is 0 Å². The number of nitrogens with one attached hydrogen (secondary N) is 1. The maximum absolute atomic E-state index is 12.4. The van der Waals surface area contributed by atoms with E-state index in [2.05, 4.69) is 10.4 Å². The molecule has 1 N–H and O–H groups in total. The molecule has 10 heteroatoms. The van der Waals surface area contributed by atoms with Gasteiger partial charge in [0.25, 0.3) is 0 Å². The van der Waals surface area contributed by atoms with Crippen molar-refractivity contribution in [2.45, 2.75) is 25.4 Å². The molecular formula is C13H17N5O4S. The first-order chi connectivity index (χ1) is 11.0. The van der Waals surface area contributed by atoms with Crippen LogP contribution in [0.15, 0.2) is 12.3 Å². The van der Waals surface area contributed by atoms with Crippen LogP contribution in [0, 0.1) is 16.0 Å². The Bertz CT molecular complexity index is 630. The lowest BCUT2D eigenvalue weighted by Gasteiger charge is -2.22. The Hall–Kier alpha value is -2.10. The van der Waals surface area contributed by atoms with Crippen molar-refractivity contribution in [1.29, 1.82) is 0 Å². The molecule has 1 aliphatic carbocycles. The summed E-state index contributed by atoms with van der Waals surface area (Å²) in [4.78, 5) is 36.1. The summed E-state index contributed by atoms with van der Waals surface area (Å²) in [7, 11) is 0. The standard InChI is InChI=1S/C13H17N5O4S/c19-12(6-16-4-3-11(15-16)18(21)22)17-8-23-7-10(17)13(20)14-5-9-1-2-9/h3-4,9-10H,1-2,5-8H2,(H,14,20)/t10-/m0/s1. The van der Waals surface area contributed by atoms with Crippen molar-refractivity contribution < 1.29 is 14.5 Å². The highest BCUT2D eigenvalue weighted by atomic mass is 32.2. The van der Waals surface area contributed by atoms with Crippen molar-refractivity contribution >= 4 is 29.4 Å². The average Bonchev–Trinajstić information content (AvgIpc) is 3.01. The normalized spacial score (nSPS) is 20.5. The number of hydrogen-bond acceptors (Lipinski definition) is 6. The van der Waals surface area contributed by atoms with E-state index in [1.807, 2.05) is 0 Å². The molecule has 1 aliphatic heterocycles. The first-order valence-electron chi connectivity index (χ1n) is 7.37. The van der Waals surface area contributed by atoms with Gasteiger partial charge in [0.1, 0.15) is 12.6 Å². The summed E-state index contributed by atoms with van der Waals surface area (Å²) in [5.41, 5.74) is 0. The minimum atomic E-state index is -0.610. The molecule has 0 bridgehead atoms. The third-order valence-electron chi connectivity index (χ3n) is 3.88. The van der Waals surface area contributed by atoms with Crippen LogP contribution in [-0.4, -0.2) is 55.6 Å². The van der Waals surface area contributed by atoms with E-state index in [1.165, 1.54) is 33.6 Å². The number of aromatic nitrogens is 2. The molecule has 9 nitrogen and oxygen atoms in total. The molecule has 2 fully saturated rings. The minimum absolute atomic E-state index is 0.110. The fourth-order valence-corrected chi connectivity index (χ4v) is 3.54. The van der Waals surface area contributed by atoms with Crippen LogP contribution in [0.4, 0.5) is 5.82 Å². The van der Waals surface area contributed by atoms with Gasteiger partial charge < -0.3 is 20.3 Å². The Labute approximate surface area is 136 Å². The Kier molecular flexibility index (Phi) is 4.51. The number of carbonyl (C=O) groups excluding carboxylic acids is 2. The highest BCUT2D eigenvalue weighted by Gasteiger charge is 2.35.